The van der Waals surface area contributed by atoms with Gasteiger partial charge in [0.05, 0.1) is 0 Å². The molecule has 0 saturated heterocycles. The fourth-order valence-corrected chi connectivity index (χ4v) is 2.24. The highest BCUT2D eigenvalue weighted by molar-refractivity contribution is 5.94. The average Bonchev–Trinajstić information content (AvgIpc) is 2.57. The zero-order chi connectivity index (χ0) is 19.1. The van der Waals surface area contributed by atoms with Gasteiger partial charge in [-0.05, 0) is 51.5 Å². The summed E-state index contributed by atoms with van der Waals surface area (Å²) in [7, 11) is 0. The van der Waals surface area contributed by atoms with Gasteiger partial charge in [0.1, 0.15) is 0 Å². The van der Waals surface area contributed by atoms with E-state index in [4.69, 9.17) is 0 Å². The van der Waals surface area contributed by atoms with Crippen molar-refractivity contribution in [3.05, 3.63) is 52.8 Å². The van der Waals surface area contributed by atoms with Crippen molar-refractivity contribution in [3.63, 3.8) is 0 Å². The van der Waals surface area contributed by atoms with Crippen molar-refractivity contribution in [2.24, 2.45) is 0 Å². The summed E-state index contributed by atoms with van der Waals surface area (Å²) in [6, 6.07) is 8.67. The second-order valence-electron chi connectivity index (χ2n) is 6.23. The summed E-state index contributed by atoms with van der Waals surface area (Å²) in [5.74, 6) is 0.0395. The number of rotatable bonds is 6. The van der Waals surface area contributed by atoms with E-state index in [0.717, 1.165) is 17.0 Å². The van der Waals surface area contributed by atoms with Gasteiger partial charge in [-0.15, -0.1) is 0 Å². The molecule has 0 spiro atoms. The van der Waals surface area contributed by atoms with Gasteiger partial charge >= 0.3 is 6.03 Å². The maximum absolute atomic E-state index is 12.2. The van der Waals surface area contributed by atoms with Crippen LogP contribution in [0.3, 0.4) is 0 Å². The zero-order valence-electron chi connectivity index (χ0n) is 15.4. The van der Waals surface area contributed by atoms with Crippen LogP contribution >= 0.6 is 0 Å². The predicted molar refractivity (Wildman–Crippen MR) is 99.5 cm³/mol. The van der Waals surface area contributed by atoms with E-state index < -0.39 is 0 Å². The number of carbonyl (C=O) groups is 2. The first-order valence-corrected chi connectivity index (χ1v) is 8.35. The molecule has 26 heavy (non-hydrogen) atoms. The number of anilines is 1. The van der Waals surface area contributed by atoms with E-state index >= 15 is 0 Å². The molecule has 0 aliphatic rings. The number of amides is 3. The van der Waals surface area contributed by atoms with E-state index in [-0.39, 0.29) is 18.0 Å². The van der Waals surface area contributed by atoms with Gasteiger partial charge in [-0.2, -0.15) is 0 Å². The lowest BCUT2D eigenvalue weighted by atomic mass is 10.1. The molecular formula is C18H24N6O2. The first-order chi connectivity index (χ1) is 12.3. The first-order valence-electron chi connectivity index (χ1n) is 8.35. The molecule has 0 fully saturated rings. The van der Waals surface area contributed by atoms with Gasteiger partial charge < -0.3 is 10.6 Å². The molecule has 0 bridgehead atoms. The number of benzene rings is 1. The molecule has 0 saturated carbocycles. The highest BCUT2D eigenvalue weighted by atomic mass is 16.2. The molecule has 1 aromatic carbocycles. The molecule has 3 amide bonds. The quantitative estimate of drug-likeness (QED) is 0.593. The summed E-state index contributed by atoms with van der Waals surface area (Å²) in [6.45, 7) is 7.88. The molecule has 138 valence electrons. The fourth-order valence-electron chi connectivity index (χ4n) is 2.24. The second-order valence-corrected chi connectivity index (χ2v) is 6.23. The number of hydrazine groups is 1. The molecule has 0 unspecified atom stereocenters. The normalized spacial score (nSPS) is 10.3. The number of hydrogen-bond donors (Lipinski definition) is 4. The van der Waals surface area contributed by atoms with Gasteiger partial charge in [-0.1, -0.05) is 12.1 Å². The molecule has 0 aliphatic heterocycles. The van der Waals surface area contributed by atoms with Crippen LogP contribution in [-0.2, 0) is 6.54 Å². The number of nitrogens with one attached hydrogen (secondary N) is 4. The third-order valence-electron chi connectivity index (χ3n) is 3.36. The van der Waals surface area contributed by atoms with Crippen LogP contribution in [0.4, 0.5) is 10.7 Å². The van der Waals surface area contributed by atoms with E-state index in [2.05, 4.69) is 31.5 Å². The third kappa shape index (κ3) is 6.04. The lowest BCUT2D eigenvalue weighted by Crippen LogP contribution is -2.39. The van der Waals surface area contributed by atoms with Crippen molar-refractivity contribution >= 4 is 17.9 Å². The monoisotopic (exact) mass is 356 g/mol. The van der Waals surface area contributed by atoms with Gasteiger partial charge in [-0.25, -0.2) is 14.8 Å². The number of hydrogen-bond acceptors (Lipinski definition) is 5. The highest BCUT2D eigenvalue weighted by Gasteiger charge is 2.07. The first kappa shape index (κ1) is 19.2. The molecule has 1 heterocycles. The molecule has 8 heteroatoms. The van der Waals surface area contributed by atoms with Gasteiger partial charge in [0.2, 0.25) is 5.95 Å². The van der Waals surface area contributed by atoms with E-state index in [9.17, 15) is 9.59 Å². The summed E-state index contributed by atoms with van der Waals surface area (Å²) >= 11 is 0. The smallest absolute Gasteiger partial charge is 0.315 e. The summed E-state index contributed by atoms with van der Waals surface area (Å²) in [4.78, 5) is 32.1. The van der Waals surface area contributed by atoms with Crippen molar-refractivity contribution in [1.29, 1.82) is 0 Å². The number of nitrogens with zero attached hydrogens (tertiary/aromatic N) is 2. The molecule has 2 aromatic rings. The van der Waals surface area contributed by atoms with Crippen LogP contribution in [0.1, 0.15) is 41.2 Å². The number of aromatic nitrogens is 2. The Morgan fingerprint density at radius 1 is 1.04 bits per heavy atom. The van der Waals surface area contributed by atoms with Gasteiger partial charge in [0.25, 0.3) is 5.91 Å². The van der Waals surface area contributed by atoms with Crippen molar-refractivity contribution in [2.75, 3.05) is 5.43 Å². The van der Waals surface area contributed by atoms with Crippen LogP contribution in [0, 0.1) is 13.8 Å². The Hall–Kier alpha value is -3.16. The Labute approximate surface area is 152 Å². The molecule has 2 rings (SSSR count). The van der Waals surface area contributed by atoms with Crippen molar-refractivity contribution in [2.45, 2.75) is 40.3 Å². The van der Waals surface area contributed by atoms with E-state index in [1.807, 2.05) is 33.8 Å². The Morgan fingerprint density at radius 2 is 1.65 bits per heavy atom. The molecule has 1 aromatic heterocycles. The van der Waals surface area contributed by atoms with Crippen molar-refractivity contribution < 1.29 is 9.59 Å². The fraction of sp³-hybridized carbons (Fsp3) is 0.333. The molecule has 0 radical (unpaired) electrons. The summed E-state index contributed by atoms with van der Waals surface area (Å²) in [6.07, 6.45) is 0. The Morgan fingerprint density at radius 3 is 2.23 bits per heavy atom. The lowest BCUT2D eigenvalue weighted by molar-refractivity contribution is 0.0962. The summed E-state index contributed by atoms with van der Waals surface area (Å²) in [5, 5.41) is 5.51. The van der Waals surface area contributed by atoms with Gasteiger partial charge in [-0.3, -0.25) is 15.6 Å². The lowest BCUT2D eigenvalue weighted by Gasteiger charge is -2.11. The van der Waals surface area contributed by atoms with Crippen LogP contribution in [0.25, 0.3) is 0 Å². The molecule has 0 atom stereocenters. The molecule has 4 N–H and O–H groups in total. The van der Waals surface area contributed by atoms with Crippen molar-refractivity contribution in [3.8, 4) is 0 Å². The Bertz CT molecular complexity index is 754. The van der Waals surface area contributed by atoms with E-state index in [1.54, 1.807) is 24.3 Å². The second kappa shape index (κ2) is 8.80. The van der Waals surface area contributed by atoms with E-state index in [0.29, 0.717) is 18.1 Å². The molecular weight excluding hydrogens is 332 g/mol. The van der Waals surface area contributed by atoms with E-state index in [1.165, 1.54) is 0 Å². The number of aryl methyl sites for hydroxylation is 2. The maximum atomic E-state index is 12.2. The molecule has 8 nitrogen and oxygen atoms in total. The predicted octanol–water partition coefficient (Wildman–Crippen LogP) is 2.06. The van der Waals surface area contributed by atoms with Crippen LogP contribution in [0.15, 0.2) is 30.3 Å². The Kier molecular flexibility index (Phi) is 6.48. The molecule has 0 aliphatic carbocycles. The zero-order valence-corrected chi connectivity index (χ0v) is 15.4. The Balaban J connectivity index is 1.87. The SMILES string of the molecule is Cc1cc(C)nc(NNC(=O)c2ccc(CNC(=O)NC(C)C)cc2)n1. The average molecular weight is 356 g/mol. The number of carbonyl (C=O) groups excluding carboxylic acids is 2. The van der Waals surface area contributed by atoms with Gasteiger partial charge in [0.15, 0.2) is 0 Å². The minimum atomic E-state index is -0.301. The topological polar surface area (TPSA) is 108 Å². The highest BCUT2D eigenvalue weighted by Crippen LogP contribution is 2.06. The largest absolute Gasteiger partial charge is 0.336 e. The van der Waals surface area contributed by atoms with Crippen LogP contribution in [-0.4, -0.2) is 27.9 Å². The van der Waals surface area contributed by atoms with Crippen molar-refractivity contribution in [1.82, 2.24) is 26.0 Å². The van der Waals surface area contributed by atoms with Gasteiger partial charge in [0, 0.05) is 29.5 Å². The number of urea groups is 1. The van der Waals surface area contributed by atoms with Crippen LogP contribution in [0.2, 0.25) is 0 Å². The van der Waals surface area contributed by atoms with Crippen LogP contribution < -0.4 is 21.5 Å². The maximum Gasteiger partial charge on any atom is 0.315 e. The summed E-state index contributed by atoms with van der Waals surface area (Å²) < 4.78 is 0. The third-order valence-corrected chi connectivity index (χ3v) is 3.36. The minimum Gasteiger partial charge on any atom is -0.336 e. The standard InChI is InChI=1S/C18H24N6O2/c1-11(2)20-18(26)19-10-14-5-7-15(8-6-14)16(25)23-24-17-21-12(3)9-13(4)22-17/h5-9,11H,10H2,1-4H3,(H,23,25)(H2,19,20,26)(H,21,22,24). The summed E-state index contributed by atoms with van der Waals surface area (Å²) in [5.41, 5.74) is 8.28. The van der Waals surface area contributed by atoms with Crippen LogP contribution in [0.5, 0.6) is 0 Å². The minimum absolute atomic E-state index is 0.0785.